The second-order valence-electron chi connectivity index (χ2n) is 4.15. The van der Waals surface area contributed by atoms with Gasteiger partial charge in [-0.05, 0) is 36.7 Å². The van der Waals surface area contributed by atoms with Crippen molar-refractivity contribution in [3.63, 3.8) is 0 Å². The summed E-state index contributed by atoms with van der Waals surface area (Å²) < 4.78 is 14.3. The minimum Gasteiger partial charge on any atom is -0.313 e. The summed E-state index contributed by atoms with van der Waals surface area (Å²) in [6.07, 6.45) is 1.05. The first-order chi connectivity index (χ1) is 7.61. The van der Waals surface area contributed by atoms with Crippen molar-refractivity contribution in [2.45, 2.75) is 30.4 Å². The number of benzene rings is 1. The summed E-state index contributed by atoms with van der Waals surface area (Å²) in [4.78, 5) is 0. The van der Waals surface area contributed by atoms with Crippen LogP contribution in [0.3, 0.4) is 0 Å². The second-order valence-corrected chi connectivity index (χ2v) is 6.44. The second kappa shape index (κ2) is 5.07. The average molecular weight is 304 g/mol. The molecule has 0 aromatic heterocycles. The monoisotopic (exact) mass is 303 g/mol. The van der Waals surface area contributed by atoms with Crippen LogP contribution in [-0.2, 0) is 5.75 Å². The standard InChI is InChI=1S/C12H15BrFNS/c1-7-3-12(15-2)9-4-8(14)5-11(13)10(9)6-16-7/h4-5,7,12,15H,3,6H2,1-2H3. The Hall–Kier alpha value is -0.0600. The first-order valence-corrected chi connectivity index (χ1v) is 7.22. The van der Waals surface area contributed by atoms with Crippen LogP contribution in [0.1, 0.15) is 30.5 Å². The molecule has 0 spiro atoms. The third kappa shape index (κ3) is 2.44. The Kier molecular flexibility index (Phi) is 3.93. The Morgan fingerprint density at radius 1 is 1.50 bits per heavy atom. The smallest absolute Gasteiger partial charge is 0.124 e. The summed E-state index contributed by atoms with van der Waals surface area (Å²) >= 11 is 5.39. The zero-order chi connectivity index (χ0) is 11.7. The third-order valence-corrected chi connectivity index (χ3v) is 4.92. The van der Waals surface area contributed by atoms with Gasteiger partial charge in [0.15, 0.2) is 0 Å². The summed E-state index contributed by atoms with van der Waals surface area (Å²) in [5.41, 5.74) is 2.33. The van der Waals surface area contributed by atoms with E-state index in [-0.39, 0.29) is 11.9 Å². The molecule has 1 aromatic rings. The first kappa shape index (κ1) is 12.4. The SMILES string of the molecule is CNC1CC(C)SCc2c(Br)cc(F)cc21. The van der Waals surface area contributed by atoms with Crippen molar-refractivity contribution in [2.24, 2.45) is 0 Å². The molecule has 16 heavy (non-hydrogen) atoms. The van der Waals surface area contributed by atoms with Crippen LogP contribution in [0, 0.1) is 5.82 Å². The van der Waals surface area contributed by atoms with Gasteiger partial charge in [0.2, 0.25) is 0 Å². The van der Waals surface area contributed by atoms with Crippen molar-refractivity contribution in [2.75, 3.05) is 7.05 Å². The molecule has 0 aliphatic carbocycles. The first-order valence-electron chi connectivity index (χ1n) is 5.38. The van der Waals surface area contributed by atoms with Crippen molar-refractivity contribution in [3.05, 3.63) is 33.5 Å². The van der Waals surface area contributed by atoms with Gasteiger partial charge in [0.1, 0.15) is 5.82 Å². The summed E-state index contributed by atoms with van der Waals surface area (Å²) in [5.74, 6) is 0.792. The number of thioether (sulfide) groups is 1. The van der Waals surface area contributed by atoms with Gasteiger partial charge < -0.3 is 5.32 Å². The summed E-state index contributed by atoms with van der Waals surface area (Å²) in [5, 5.41) is 3.88. The van der Waals surface area contributed by atoms with Crippen LogP contribution >= 0.6 is 27.7 Å². The molecule has 0 bridgehead atoms. The maximum Gasteiger partial charge on any atom is 0.124 e. The molecule has 4 heteroatoms. The Bertz CT molecular complexity index is 397. The molecule has 1 aromatic carbocycles. The Morgan fingerprint density at radius 2 is 2.25 bits per heavy atom. The van der Waals surface area contributed by atoms with E-state index in [2.05, 4.69) is 28.2 Å². The Balaban J connectivity index is 2.48. The van der Waals surface area contributed by atoms with Gasteiger partial charge in [0, 0.05) is 21.5 Å². The van der Waals surface area contributed by atoms with Gasteiger partial charge in [0.05, 0.1) is 0 Å². The van der Waals surface area contributed by atoms with Crippen molar-refractivity contribution in [3.8, 4) is 0 Å². The van der Waals surface area contributed by atoms with E-state index in [0.717, 1.165) is 22.2 Å². The van der Waals surface area contributed by atoms with Gasteiger partial charge in [-0.15, -0.1) is 0 Å². The number of hydrogen-bond donors (Lipinski definition) is 1. The van der Waals surface area contributed by atoms with Crippen molar-refractivity contribution in [1.82, 2.24) is 5.32 Å². The lowest BCUT2D eigenvalue weighted by Crippen LogP contribution is -2.19. The number of fused-ring (bicyclic) bond motifs is 1. The van der Waals surface area contributed by atoms with Crippen molar-refractivity contribution < 1.29 is 4.39 Å². The number of rotatable bonds is 1. The van der Waals surface area contributed by atoms with Gasteiger partial charge >= 0.3 is 0 Å². The van der Waals surface area contributed by atoms with Crippen molar-refractivity contribution >= 4 is 27.7 Å². The largest absolute Gasteiger partial charge is 0.313 e. The molecule has 0 fully saturated rings. The summed E-state index contributed by atoms with van der Waals surface area (Å²) in [6, 6.07) is 3.48. The van der Waals surface area contributed by atoms with Gasteiger partial charge in [-0.2, -0.15) is 11.8 Å². The fraction of sp³-hybridized carbons (Fsp3) is 0.500. The molecule has 2 unspecified atom stereocenters. The number of hydrogen-bond acceptors (Lipinski definition) is 2. The average Bonchev–Trinajstić information content (AvgIpc) is 2.38. The zero-order valence-corrected chi connectivity index (χ0v) is 11.8. The minimum atomic E-state index is -0.162. The lowest BCUT2D eigenvalue weighted by atomic mass is 9.98. The lowest BCUT2D eigenvalue weighted by molar-refractivity contribution is 0.541. The molecule has 1 aliphatic rings. The quantitative estimate of drug-likeness (QED) is 0.845. The molecule has 0 radical (unpaired) electrons. The maximum atomic E-state index is 13.4. The van der Waals surface area contributed by atoms with Gasteiger partial charge in [0.25, 0.3) is 0 Å². The molecule has 1 N–H and O–H groups in total. The molecular weight excluding hydrogens is 289 g/mol. The molecular formula is C12H15BrFNS. The molecule has 0 saturated carbocycles. The molecule has 2 rings (SSSR count). The fourth-order valence-electron chi connectivity index (χ4n) is 2.11. The van der Waals surface area contributed by atoms with Crippen LogP contribution in [0.2, 0.25) is 0 Å². The Labute approximate surface area is 108 Å². The highest BCUT2D eigenvalue weighted by Gasteiger charge is 2.23. The predicted molar refractivity (Wildman–Crippen MR) is 71.3 cm³/mol. The van der Waals surface area contributed by atoms with E-state index in [1.54, 1.807) is 12.1 Å². The van der Waals surface area contributed by atoms with Crippen LogP contribution in [0.25, 0.3) is 0 Å². The van der Waals surface area contributed by atoms with E-state index in [0.29, 0.717) is 5.25 Å². The molecule has 1 nitrogen and oxygen atoms in total. The van der Waals surface area contributed by atoms with E-state index < -0.39 is 0 Å². The number of halogens is 2. The predicted octanol–water partition coefficient (Wildman–Crippen LogP) is 3.87. The van der Waals surface area contributed by atoms with Crippen molar-refractivity contribution in [1.29, 1.82) is 0 Å². The zero-order valence-electron chi connectivity index (χ0n) is 9.39. The van der Waals surface area contributed by atoms with Crippen LogP contribution in [0.15, 0.2) is 16.6 Å². The highest BCUT2D eigenvalue weighted by atomic mass is 79.9. The highest BCUT2D eigenvalue weighted by molar-refractivity contribution is 9.10. The summed E-state index contributed by atoms with van der Waals surface area (Å²) in [7, 11) is 1.94. The molecule has 1 aliphatic heterocycles. The lowest BCUT2D eigenvalue weighted by Gasteiger charge is -2.18. The maximum absolute atomic E-state index is 13.4. The van der Waals surface area contributed by atoms with Crippen LogP contribution in [0.5, 0.6) is 0 Å². The molecule has 0 amide bonds. The van der Waals surface area contributed by atoms with Crippen LogP contribution in [0.4, 0.5) is 4.39 Å². The molecule has 1 heterocycles. The minimum absolute atomic E-state index is 0.162. The molecule has 88 valence electrons. The van der Waals surface area contributed by atoms with E-state index in [4.69, 9.17) is 0 Å². The topological polar surface area (TPSA) is 12.0 Å². The number of nitrogens with one attached hydrogen (secondary N) is 1. The summed E-state index contributed by atoms with van der Waals surface area (Å²) in [6.45, 7) is 2.23. The normalized spacial score (nSPS) is 25.0. The van der Waals surface area contributed by atoms with Gasteiger partial charge in [-0.1, -0.05) is 22.9 Å². The molecule has 0 saturated heterocycles. The van der Waals surface area contributed by atoms with Gasteiger partial charge in [-0.3, -0.25) is 0 Å². The third-order valence-electron chi connectivity index (χ3n) is 3.00. The van der Waals surface area contributed by atoms with Gasteiger partial charge in [-0.25, -0.2) is 4.39 Å². The van der Waals surface area contributed by atoms with E-state index in [1.807, 2.05) is 18.8 Å². The van der Waals surface area contributed by atoms with E-state index >= 15 is 0 Å². The van der Waals surface area contributed by atoms with Crippen LogP contribution in [-0.4, -0.2) is 12.3 Å². The highest BCUT2D eigenvalue weighted by Crippen LogP contribution is 2.38. The van der Waals surface area contributed by atoms with Crippen LogP contribution < -0.4 is 5.32 Å². The fourth-order valence-corrected chi connectivity index (χ4v) is 3.99. The van der Waals surface area contributed by atoms with E-state index in [9.17, 15) is 4.39 Å². The molecule has 2 atom stereocenters. The Morgan fingerprint density at radius 3 is 2.94 bits per heavy atom. The van der Waals surface area contributed by atoms with E-state index in [1.165, 1.54) is 5.56 Å².